The van der Waals surface area contributed by atoms with Gasteiger partial charge in [-0.1, -0.05) is 36.4 Å². The molecule has 4 rings (SSSR count). The third kappa shape index (κ3) is 3.80. The van der Waals surface area contributed by atoms with Gasteiger partial charge in [-0.2, -0.15) is 0 Å². The third-order valence-electron chi connectivity index (χ3n) is 5.57. The van der Waals surface area contributed by atoms with Gasteiger partial charge in [-0.05, 0) is 47.5 Å². The Kier molecular flexibility index (Phi) is 5.45. The van der Waals surface area contributed by atoms with Crippen LogP contribution in [0.15, 0.2) is 66.2 Å². The van der Waals surface area contributed by atoms with Crippen LogP contribution in [-0.4, -0.2) is 41.8 Å². The van der Waals surface area contributed by atoms with Gasteiger partial charge >= 0.3 is 0 Å². The number of carbonyl (C=O) groups excluding carboxylic acids is 2. The molecule has 0 radical (unpaired) electrons. The van der Waals surface area contributed by atoms with Crippen LogP contribution in [-0.2, 0) is 11.2 Å². The van der Waals surface area contributed by atoms with Crippen molar-refractivity contribution in [3.63, 3.8) is 0 Å². The van der Waals surface area contributed by atoms with E-state index >= 15 is 0 Å². The van der Waals surface area contributed by atoms with Gasteiger partial charge < -0.3 is 10.2 Å². The van der Waals surface area contributed by atoms with Crippen molar-refractivity contribution in [2.45, 2.75) is 12.8 Å². The summed E-state index contributed by atoms with van der Waals surface area (Å²) in [6, 6.07) is 17.7. The maximum Gasteiger partial charge on any atom is 0.272 e. The Balaban J connectivity index is 1.63. The first kappa shape index (κ1) is 19.3. The predicted molar refractivity (Wildman–Crippen MR) is 115 cm³/mol. The number of hydrogen-bond donors (Lipinski definition) is 1. The molecular formula is C23H23N3O2S. The zero-order valence-electron chi connectivity index (χ0n) is 16.3. The topological polar surface area (TPSA) is 62.3 Å². The van der Waals surface area contributed by atoms with Crippen LogP contribution in [0.3, 0.4) is 0 Å². The van der Waals surface area contributed by atoms with Gasteiger partial charge in [0.2, 0.25) is 5.91 Å². The maximum atomic E-state index is 13.0. The number of benzene rings is 1. The highest BCUT2D eigenvalue weighted by molar-refractivity contribution is 7.13. The SMILES string of the molecule is CNC(=O)[C@@]1(Cc2ccccc2-c2cccs2)CCN(C(=O)c2ccccn2)C1. The van der Waals surface area contributed by atoms with Crippen LogP contribution in [0.5, 0.6) is 0 Å². The number of pyridine rings is 1. The van der Waals surface area contributed by atoms with Crippen molar-refractivity contribution in [3.8, 4) is 10.4 Å². The molecule has 1 aliphatic heterocycles. The van der Waals surface area contributed by atoms with Crippen LogP contribution in [0.25, 0.3) is 10.4 Å². The summed E-state index contributed by atoms with van der Waals surface area (Å²) in [5.74, 6) is -0.141. The average molecular weight is 406 g/mol. The van der Waals surface area contributed by atoms with Crippen molar-refractivity contribution in [1.29, 1.82) is 0 Å². The standard InChI is InChI=1S/C23H23N3O2S/c1-24-22(28)23(11-13-26(16-23)21(27)19-9-4-5-12-25-19)15-17-7-2-3-8-18(17)20-10-6-14-29-20/h2-10,12,14H,11,13,15-16H2,1H3,(H,24,28)/t23-/m1/s1. The first-order chi connectivity index (χ1) is 14.1. The lowest BCUT2D eigenvalue weighted by Crippen LogP contribution is -2.44. The lowest BCUT2D eigenvalue weighted by Gasteiger charge is -2.28. The van der Waals surface area contributed by atoms with Crippen molar-refractivity contribution >= 4 is 23.2 Å². The van der Waals surface area contributed by atoms with E-state index < -0.39 is 5.41 Å². The normalized spacial score (nSPS) is 18.6. The number of carbonyl (C=O) groups is 2. The first-order valence-corrected chi connectivity index (χ1v) is 10.6. The van der Waals surface area contributed by atoms with E-state index in [1.807, 2.05) is 18.2 Å². The Hall–Kier alpha value is -2.99. The Labute approximate surface area is 174 Å². The smallest absolute Gasteiger partial charge is 0.272 e. The van der Waals surface area contributed by atoms with Crippen LogP contribution < -0.4 is 5.32 Å². The quantitative estimate of drug-likeness (QED) is 0.705. The number of nitrogens with zero attached hydrogens (tertiary/aromatic N) is 2. The van der Waals surface area contributed by atoms with Crippen LogP contribution in [0, 0.1) is 5.41 Å². The number of thiophene rings is 1. The molecule has 6 heteroatoms. The van der Waals surface area contributed by atoms with E-state index in [0.29, 0.717) is 31.6 Å². The van der Waals surface area contributed by atoms with Gasteiger partial charge in [0.25, 0.3) is 5.91 Å². The number of rotatable bonds is 5. The van der Waals surface area contributed by atoms with Gasteiger partial charge in [0, 0.05) is 31.2 Å². The van der Waals surface area contributed by atoms with E-state index in [1.165, 1.54) is 4.88 Å². The molecule has 3 heterocycles. The molecule has 1 fully saturated rings. The molecule has 2 aromatic heterocycles. The van der Waals surface area contributed by atoms with Crippen molar-refractivity contribution in [2.75, 3.05) is 20.1 Å². The molecule has 1 N–H and O–H groups in total. The number of hydrogen-bond acceptors (Lipinski definition) is 4. The highest BCUT2D eigenvalue weighted by atomic mass is 32.1. The number of likely N-dealkylation sites (tertiary alicyclic amines) is 1. The molecule has 1 aromatic carbocycles. The Morgan fingerprint density at radius 2 is 1.97 bits per heavy atom. The van der Waals surface area contributed by atoms with Crippen LogP contribution in [0.1, 0.15) is 22.5 Å². The molecule has 0 bridgehead atoms. The van der Waals surface area contributed by atoms with Crippen LogP contribution in [0.4, 0.5) is 0 Å². The van der Waals surface area contributed by atoms with E-state index in [1.54, 1.807) is 47.7 Å². The predicted octanol–water partition coefficient (Wildman–Crippen LogP) is 3.63. The molecule has 148 valence electrons. The second kappa shape index (κ2) is 8.17. The molecule has 0 spiro atoms. The van der Waals surface area contributed by atoms with Crippen molar-refractivity contribution in [3.05, 3.63) is 77.4 Å². The molecule has 2 amide bonds. The minimum Gasteiger partial charge on any atom is -0.359 e. The fourth-order valence-corrected chi connectivity index (χ4v) is 4.87. The summed E-state index contributed by atoms with van der Waals surface area (Å²) in [5, 5.41) is 4.89. The highest BCUT2D eigenvalue weighted by Crippen LogP contribution is 2.38. The second-order valence-electron chi connectivity index (χ2n) is 7.36. The molecule has 1 atom stereocenters. The van der Waals surface area contributed by atoms with Gasteiger partial charge in [0.1, 0.15) is 5.69 Å². The van der Waals surface area contributed by atoms with Gasteiger partial charge in [-0.25, -0.2) is 0 Å². The molecule has 5 nitrogen and oxygen atoms in total. The second-order valence-corrected chi connectivity index (χ2v) is 8.31. The minimum absolute atomic E-state index is 0.0187. The van der Waals surface area contributed by atoms with Crippen LogP contribution in [0.2, 0.25) is 0 Å². The molecule has 0 unspecified atom stereocenters. The van der Waals surface area contributed by atoms with Crippen molar-refractivity contribution in [2.24, 2.45) is 5.41 Å². The van der Waals surface area contributed by atoms with Crippen molar-refractivity contribution in [1.82, 2.24) is 15.2 Å². The van der Waals surface area contributed by atoms with E-state index in [0.717, 1.165) is 11.1 Å². The van der Waals surface area contributed by atoms with E-state index in [9.17, 15) is 9.59 Å². The zero-order valence-corrected chi connectivity index (χ0v) is 17.1. The summed E-state index contributed by atoms with van der Waals surface area (Å²) >= 11 is 1.69. The summed E-state index contributed by atoms with van der Waals surface area (Å²) in [5.41, 5.74) is 2.05. The van der Waals surface area contributed by atoms with Gasteiger partial charge in [0.15, 0.2) is 0 Å². The van der Waals surface area contributed by atoms with E-state index in [2.05, 4.69) is 33.9 Å². The lowest BCUT2D eigenvalue weighted by atomic mass is 9.78. The van der Waals surface area contributed by atoms with Gasteiger partial charge in [-0.3, -0.25) is 14.6 Å². The average Bonchev–Trinajstić information content (AvgIpc) is 3.45. The monoisotopic (exact) mass is 405 g/mol. The van der Waals surface area contributed by atoms with E-state index in [4.69, 9.17) is 0 Å². The maximum absolute atomic E-state index is 13.0. The molecule has 1 aliphatic rings. The third-order valence-corrected chi connectivity index (χ3v) is 6.47. The molecule has 29 heavy (non-hydrogen) atoms. The Bertz CT molecular complexity index is 1000. The summed E-state index contributed by atoms with van der Waals surface area (Å²) in [7, 11) is 1.67. The van der Waals surface area contributed by atoms with E-state index in [-0.39, 0.29) is 11.8 Å². The Morgan fingerprint density at radius 1 is 1.14 bits per heavy atom. The largest absolute Gasteiger partial charge is 0.359 e. The van der Waals surface area contributed by atoms with Crippen LogP contribution >= 0.6 is 11.3 Å². The molecule has 0 aliphatic carbocycles. The minimum atomic E-state index is -0.646. The fraction of sp³-hybridized carbons (Fsp3) is 0.261. The molecule has 0 saturated carbocycles. The van der Waals surface area contributed by atoms with Gasteiger partial charge in [0.05, 0.1) is 5.41 Å². The highest BCUT2D eigenvalue weighted by Gasteiger charge is 2.46. The first-order valence-electron chi connectivity index (χ1n) is 9.67. The molecular weight excluding hydrogens is 382 g/mol. The lowest BCUT2D eigenvalue weighted by molar-refractivity contribution is -0.129. The zero-order chi connectivity index (χ0) is 20.3. The molecule has 3 aromatic rings. The number of aromatic nitrogens is 1. The summed E-state index contributed by atoms with van der Waals surface area (Å²) in [6.07, 6.45) is 2.84. The fourth-order valence-electron chi connectivity index (χ4n) is 4.08. The summed E-state index contributed by atoms with van der Waals surface area (Å²) in [4.78, 5) is 33.0. The summed E-state index contributed by atoms with van der Waals surface area (Å²) < 4.78 is 0. The molecule has 1 saturated heterocycles. The summed E-state index contributed by atoms with van der Waals surface area (Å²) in [6.45, 7) is 0.935. The number of amides is 2. The van der Waals surface area contributed by atoms with Crippen molar-refractivity contribution < 1.29 is 9.59 Å². The number of nitrogens with one attached hydrogen (secondary N) is 1. The Morgan fingerprint density at radius 3 is 2.69 bits per heavy atom. The van der Waals surface area contributed by atoms with Gasteiger partial charge in [-0.15, -0.1) is 11.3 Å².